The van der Waals surface area contributed by atoms with Gasteiger partial charge in [0.05, 0.1) is 12.7 Å². The van der Waals surface area contributed by atoms with Crippen LogP contribution in [0.3, 0.4) is 0 Å². The normalized spacial score (nSPS) is 13.1. The molecular formula is C12H25NO. The van der Waals surface area contributed by atoms with E-state index in [0.717, 1.165) is 19.6 Å². The molecule has 0 aliphatic heterocycles. The van der Waals surface area contributed by atoms with Crippen LogP contribution in [0.5, 0.6) is 0 Å². The summed E-state index contributed by atoms with van der Waals surface area (Å²) >= 11 is 0. The number of hydrogen-bond acceptors (Lipinski definition) is 2. The molecule has 0 aliphatic rings. The third-order valence-corrected chi connectivity index (χ3v) is 2.40. The highest BCUT2D eigenvalue weighted by atomic mass is 16.5. The topological polar surface area (TPSA) is 21.3 Å². The summed E-state index contributed by atoms with van der Waals surface area (Å²) in [5, 5.41) is 3.49. The van der Waals surface area contributed by atoms with Crippen LogP contribution < -0.4 is 5.32 Å². The Morgan fingerprint density at radius 1 is 1.36 bits per heavy atom. The summed E-state index contributed by atoms with van der Waals surface area (Å²) in [6, 6.07) is 0.639. The van der Waals surface area contributed by atoms with Crippen LogP contribution in [0.15, 0.2) is 12.7 Å². The van der Waals surface area contributed by atoms with E-state index in [-0.39, 0.29) is 0 Å². The van der Waals surface area contributed by atoms with Crippen molar-refractivity contribution < 1.29 is 4.74 Å². The van der Waals surface area contributed by atoms with Gasteiger partial charge in [0.1, 0.15) is 0 Å². The van der Waals surface area contributed by atoms with Crippen molar-refractivity contribution in [1.82, 2.24) is 5.32 Å². The maximum absolute atomic E-state index is 5.59. The van der Waals surface area contributed by atoms with Crippen molar-refractivity contribution in [2.45, 2.75) is 52.2 Å². The highest BCUT2D eigenvalue weighted by molar-refractivity contribution is 4.67. The Kier molecular flexibility index (Phi) is 9.00. The highest BCUT2D eigenvalue weighted by Crippen LogP contribution is 1.98. The molecule has 0 rings (SSSR count). The van der Waals surface area contributed by atoms with E-state index in [0.29, 0.717) is 12.1 Å². The standard InChI is InChI=1S/C12H25NO/c1-5-8-9-14-11(4)10-13-12(6-2)7-3/h5,11-13H,1,6-10H2,2-4H3. The Morgan fingerprint density at radius 3 is 2.50 bits per heavy atom. The zero-order valence-electron chi connectivity index (χ0n) is 9.88. The molecule has 0 aliphatic carbocycles. The van der Waals surface area contributed by atoms with E-state index in [9.17, 15) is 0 Å². The summed E-state index contributed by atoms with van der Waals surface area (Å²) in [4.78, 5) is 0. The average Bonchev–Trinajstić information content (AvgIpc) is 2.20. The fourth-order valence-corrected chi connectivity index (χ4v) is 1.32. The van der Waals surface area contributed by atoms with Crippen molar-refractivity contribution in [2.75, 3.05) is 13.2 Å². The molecule has 0 saturated carbocycles. The van der Waals surface area contributed by atoms with Gasteiger partial charge in [-0.3, -0.25) is 0 Å². The first-order valence-electron chi connectivity index (χ1n) is 5.70. The molecule has 2 nitrogen and oxygen atoms in total. The second kappa shape index (κ2) is 9.22. The third kappa shape index (κ3) is 7.10. The van der Waals surface area contributed by atoms with Gasteiger partial charge in [-0.2, -0.15) is 0 Å². The summed E-state index contributed by atoms with van der Waals surface area (Å²) in [5.41, 5.74) is 0. The number of ether oxygens (including phenoxy) is 1. The van der Waals surface area contributed by atoms with Crippen molar-refractivity contribution in [1.29, 1.82) is 0 Å². The first-order valence-corrected chi connectivity index (χ1v) is 5.70. The SMILES string of the molecule is C=CCCOC(C)CNC(CC)CC. The molecule has 0 aromatic carbocycles. The molecule has 0 spiro atoms. The van der Waals surface area contributed by atoms with Gasteiger partial charge in [0.2, 0.25) is 0 Å². The van der Waals surface area contributed by atoms with Crippen molar-refractivity contribution in [3.05, 3.63) is 12.7 Å². The lowest BCUT2D eigenvalue weighted by Gasteiger charge is -2.18. The van der Waals surface area contributed by atoms with Crippen LogP contribution in [0.2, 0.25) is 0 Å². The molecule has 1 atom stereocenters. The van der Waals surface area contributed by atoms with Gasteiger partial charge in [-0.25, -0.2) is 0 Å². The number of nitrogens with one attached hydrogen (secondary N) is 1. The van der Waals surface area contributed by atoms with Crippen LogP contribution in [-0.2, 0) is 4.74 Å². The maximum Gasteiger partial charge on any atom is 0.0671 e. The molecule has 0 aromatic heterocycles. The van der Waals surface area contributed by atoms with Gasteiger partial charge < -0.3 is 10.1 Å². The van der Waals surface area contributed by atoms with Crippen molar-refractivity contribution in [2.24, 2.45) is 0 Å². The molecule has 1 N–H and O–H groups in total. The lowest BCUT2D eigenvalue weighted by Crippen LogP contribution is -2.34. The summed E-state index contributed by atoms with van der Waals surface area (Å²) in [5.74, 6) is 0. The molecule has 0 bridgehead atoms. The second-order valence-electron chi connectivity index (χ2n) is 3.68. The summed E-state index contributed by atoms with van der Waals surface area (Å²) in [6.07, 6.45) is 5.51. The van der Waals surface area contributed by atoms with Crippen molar-refractivity contribution >= 4 is 0 Å². The van der Waals surface area contributed by atoms with Gasteiger partial charge in [0, 0.05) is 12.6 Å². The van der Waals surface area contributed by atoms with Crippen LogP contribution in [0.4, 0.5) is 0 Å². The molecule has 84 valence electrons. The van der Waals surface area contributed by atoms with Crippen molar-refractivity contribution in [3.63, 3.8) is 0 Å². The van der Waals surface area contributed by atoms with E-state index in [1.807, 2.05) is 6.08 Å². The Labute approximate surface area is 88.7 Å². The number of hydrogen-bond donors (Lipinski definition) is 1. The van der Waals surface area contributed by atoms with Crippen LogP contribution in [-0.4, -0.2) is 25.3 Å². The molecule has 14 heavy (non-hydrogen) atoms. The van der Waals surface area contributed by atoms with Gasteiger partial charge in [-0.1, -0.05) is 19.9 Å². The summed E-state index contributed by atoms with van der Waals surface area (Å²) in [7, 11) is 0. The van der Waals surface area contributed by atoms with Gasteiger partial charge in [-0.05, 0) is 26.2 Å². The number of rotatable bonds is 9. The van der Waals surface area contributed by atoms with E-state index < -0.39 is 0 Å². The van der Waals surface area contributed by atoms with E-state index in [1.165, 1.54) is 12.8 Å². The second-order valence-corrected chi connectivity index (χ2v) is 3.68. The minimum Gasteiger partial charge on any atom is -0.377 e. The molecular weight excluding hydrogens is 174 g/mol. The summed E-state index contributed by atoms with van der Waals surface area (Å²) in [6.45, 7) is 11.9. The van der Waals surface area contributed by atoms with Crippen LogP contribution in [0, 0.1) is 0 Å². The predicted octanol–water partition coefficient (Wildman–Crippen LogP) is 2.75. The molecule has 0 amide bonds. The molecule has 0 fully saturated rings. The first-order chi connectivity index (χ1) is 6.74. The summed E-state index contributed by atoms with van der Waals surface area (Å²) < 4.78 is 5.59. The molecule has 0 saturated heterocycles. The Balaban J connectivity index is 3.41. The van der Waals surface area contributed by atoms with E-state index in [4.69, 9.17) is 4.74 Å². The zero-order chi connectivity index (χ0) is 10.8. The van der Waals surface area contributed by atoms with E-state index in [2.05, 4.69) is 32.7 Å². The van der Waals surface area contributed by atoms with Crippen molar-refractivity contribution in [3.8, 4) is 0 Å². The third-order valence-electron chi connectivity index (χ3n) is 2.40. The Bertz CT molecular complexity index is 132. The monoisotopic (exact) mass is 199 g/mol. The lowest BCUT2D eigenvalue weighted by molar-refractivity contribution is 0.0671. The highest BCUT2D eigenvalue weighted by Gasteiger charge is 2.05. The Hall–Kier alpha value is -0.340. The van der Waals surface area contributed by atoms with Gasteiger partial charge in [0.15, 0.2) is 0 Å². The smallest absolute Gasteiger partial charge is 0.0671 e. The fraction of sp³-hybridized carbons (Fsp3) is 0.833. The average molecular weight is 199 g/mol. The molecule has 2 heteroatoms. The molecule has 0 heterocycles. The fourth-order valence-electron chi connectivity index (χ4n) is 1.32. The van der Waals surface area contributed by atoms with Crippen LogP contribution in [0.25, 0.3) is 0 Å². The molecule has 0 radical (unpaired) electrons. The maximum atomic E-state index is 5.59. The van der Waals surface area contributed by atoms with Crippen LogP contribution in [0.1, 0.15) is 40.0 Å². The van der Waals surface area contributed by atoms with Gasteiger partial charge in [-0.15, -0.1) is 6.58 Å². The van der Waals surface area contributed by atoms with Crippen LogP contribution >= 0.6 is 0 Å². The zero-order valence-corrected chi connectivity index (χ0v) is 9.88. The first kappa shape index (κ1) is 13.7. The largest absolute Gasteiger partial charge is 0.377 e. The molecule has 1 unspecified atom stereocenters. The van der Waals surface area contributed by atoms with Gasteiger partial charge >= 0.3 is 0 Å². The Morgan fingerprint density at radius 2 is 2.00 bits per heavy atom. The minimum absolute atomic E-state index is 0.301. The minimum atomic E-state index is 0.301. The lowest BCUT2D eigenvalue weighted by atomic mass is 10.1. The quantitative estimate of drug-likeness (QED) is 0.455. The molecule has 0 aromatic rings. The van der Waals surface area contributed by atoms with E-state index in [1.54, 1.807) is 0 Å². The predicted molar refractivity (Wildman–Crippen MR) is 62.6 cm³/mol. The van der Waals surface area contributed by atoms with Gasteiger partial charge in [0.25, 0.3) is 0 Å². The van der Waals surface area contributed by atoms with E-state index >= 15 is 0 Å².